The molecule has 2 aliphatic carbocycles. The van der Waals surface area contributed by atoms with Crippen molar-refractivity contribution in [2.24, 2.45) is 5.41 Å². The Hall–Kier alpha value is -2.57. The van der Waals surface area contributed by atoms with Gasteiger partial charge in [0.15, 0.2) is 5.65 Å². The van der Waals surface area contributed by atoms with Crippen molar-refractivity contribution in [3.05, 3.63) is 40.1 Å². The van der Waals surface area contributed by atoms with Gasteiger partial charge < -0.3 is 10.6 Å². The largest absolute Gasteiger partial charge is 0.359 e. The molecule has 1 aromatic carbocycles. The van der Waals surface area contributed by atoms with Gasteiger partial charge in [0.1, 0.15) is 4.60 Å². The van der Waals surface area contributed by atoms with E-state index in [1.165, 1.54) is 6.26 Å². The number of anilines is 1. The molecule has 35 heavy (non-hydrogen) atoms. The summed E-state index contributed by atoms with van der Waals surface area (Å²) in [4.78, 5) is 21.5. The molecule has 1 fully saturated rings. The van der Waals surface area contributed by atoms with Crippen molar-refractivity contribution in [1.82, 2.24) is 29.8 Å². The standard InChI is InChI=1S/C23H28BrN7O3S/c1-23(21(32)25-2)9-8-14(11-23)27-22-26-12-17-19(24)29-31(20(17)28-22)15-6-4-13-5-7-18(16(13)10-15)30-35(3,33)34/h4,6,10,12,14,18,30H,5,7-9,11H2,1-3H3,(H,25,32)(H,26,27,28)/t14-,18-,23-/m1/s1. The summed E-state index contributed by atoms with van der Waals surface area (Å²) in [7, 11) is -1.66. The topological polar surface area (TPSA) is 131 Å². The normalized spacial score (nSPS) is 24.0. The van der Waals surface area contributed by atoms with Gasteiger partial charge in [0.25, 0.3) is 0 Å². The molecule has 1 amide bonds. The second kappa shape index (κ2) is 8.82. The van der Waals surface area contributed by atoms with Gasteiger partial charge in [-0.1, -0.05) is 13.0 Å². The van der Waals surface area contributed by atoms with Gasteiger partial charge in [0.05, 0.1) is 17.3 Å². The highest BCUT2D eigenvalue weighted by Crippen LogP contribution is 2.39. The minimum absolute atomic E-state index is 0.0560. The van der Waals surface area contributed by atoms with Gasteiger partial charge >= 0.3 is 0 Å². The minimum atomic E-state index is -3.32. The second-order valence-electron chi connectivity index (χ2n) is 9.72. The fraction of sp³-hybridized carbons (Fsp3) is 0.478. The molecule has 1 saturated carbocycles. The number of halogens is 1. The van der Waals surface area contributed by atoms with Crippen LogP contribution in [0.4, 0.5) is 5.95 Å². The van der Waals surface area contributed by atoms with Crippen molar-refractivity contribution in [1.29, 1.82) is 0 Å². The van der Waals surface area contributed by atoms with Crippen molar-refractivity contribution in [2.75, 3.05) is 18.6 Å². The molecule has 0 spiro atoms. The summed E-state index contributed by atoms with van der Waals surface area (Å²) in [5.41, 5.74) is 3.11. The zero-order chi connectivity index (χ0) is 25.0. The van der Waals surface area contributed by atoms with Crippen LogP contribution in [0.25, 0.3) is 16.7 Å². The predicted octanol–water partition coefficient (Wildman–Crippen LogP) is 2.83. The number of amides is 1. The number of carbonyl (C=O) groups excluding carboxylic acids is 1. The maximum absolute atomic E-state index is 12.3. The molecule has 186 valence electrons. The highest BCUT2D eigenvalue weighted by molar-refractivity contribution is 9.10. The van der Waals surface area contributed by atoms with E-state index in [0.29, 0.717) is 22.6 Å². The van der Waals surface area contributed by atoms with Crippen molar-refractivity contribution in [2.45, 2.75) is 51.1 Å². The Morgan fingerprint density at radius 2 is 2.09 bits per heavy atom. The SMILES string of the molecule is CNC(=O)[C@]1(C)CC[C@@H](Nc2ncc3c(Br)nn(-c4ccc5c(c4)[C@H](NS(C)(=O)=O)CC5)c3n2)C1. The van der Waals surface area contributed by atoms with Crippen LogP contribution in [0.2, 0.25) is 0 Å². The van der Waals surface area contributed by atoms with Gasteiger partial charge in [-0.2, -0.15) is 10.1 Å². The Morgan fingerprint density at radius 3 is 2.83 bits per heavy atom. The first-order chi connectivity index (χ1) is 16.6. The lowest BCUT2D eigenvalue weighted by Gasteiger charge is -2.22. The fourth-order valence-electron chi connectivity index (χ4n) is 5.28. The lowest BCUT2D eigenvalue weighted by molar-refractivity contribution is -0.129. The summed E-state index contributed by atoms with van der Waals surface area (Å²) in [6.07, 6.45) is 6.81. The third-order valence-electron chi connectivity index (χ3n) is 7.04. The van der Waals surface area contributed by atoms with Gasteiger partial charge in [-0.3, -0.25) is 4.79 Å². The van der Waals surface area contributed by atoms with Crippen LogP contribution in [0.5, 0.6) is 0 Å². The molecule has 0 unspecified atom stereocenters. The third kappa shape index (κ3) is 4.66. The molecule has 12 heteroatoms. The fourth-order valence-corrected chi connectivity index (χ4v) is 6.48. The maximum Gasteiger partial charge on any atom is 0.225 e. The highest BCUT2D eigenvalue weighted by atomic mass is 79.9. The number of aryl methyl sites for hydroxylation is 1. The van der Waals surface area contributed by atoms with Gasteiger partial charge in [0.2, 0.25) is 21.9 Å². The maximum atomic E-state index is 12.3. The lowest BCUT2D eigenvalue weighted by Crippen LogP contribution is -2.35. The average molecular weight is 562 g/mol. The van der Waals surface area contributed by atoms with E-state index < -0.39 is 15.4 Å². The molecule has 5 rings (SSSR count). The summed E-state index contributed by atoms with van der Waals surface area (Å²) in [6.45, 7) is 1.99. The van der Waals surface area contributed by atoms with Gasteiger partial charge in [-0.05, 0) is 71.3 Å². The van der Waals surface area contributed by atoms with Crippen LogP contribution >= 0.6 is 15.9 Å². The van der Waals surface area contributed by atoms with E-state index >= 15 is 0 Å². The lowest BCUT2D eigenvalue weighted by atomic mass is 9.87. The number of nitrogens with one attached hydrogen (secondary N) is 3. The number of nitrogens with zero attached hydrogens (tertiary/aromatic N) is 4. The average Bonchev–Trinajstić information content (AvgIpc) is 3.48. The summed E-state index contributed by atoms with van der Waals surface area (Å²) >= 11 is 3.51. The molecule has 0 saturated heterocycles. The summed E-state index contributed by atoms with van der Waals surface area (Å²) < 4.78 is 28.7. The Bertz CT molecular complexity index is 1420. The number of sulfonamides is 1. The number of carbonyl (C=O) groups is 1. The second-order valence-corrected chi connectivity index (χ2v) is 12.3. The molecule has 0 radical (unpaired) electrons. The van der Waals surface area contributed by atoms with Crippen LogP contribution in [-0.4, -0.2) is 53.4 Å². The van der Waals surface area contributed by atoms with E-state index in [9.17, 15) is 13.2 Å². The number of hydrogen-bond acceptors (Lipinski definition) is 7. The molecular weight excluding hydrogens is 534 g/mol. The summed E-state index contributed by atoms with van der Waals surface area (Å²) in [6, 6.07) is 5.81. The van der Waals surface area contributed by atoms with E-state index in [4.69, 9.17) is 4.98 Å². The van der Waals surface area contributed by atoms with Gasteiger partial charge in [0, 0.05) is 30.7 Å². The summed E-state index contributed by atoms with van der Waals surface area (Å²) in [5.74, 6) is 0.538. The van der Waals surface area contributed by atoms with Crippen LogP contribution in [0.15, 0.2) is 29.0 Å². The molecule has 3 atom stereocenters. The smallest absolute Gasteiger partial charge is 0.225 e. The Balaban J connectivity index is 1.45. The molecule has 0 aliphatic heterocycles. The Morgan fingerprint density at radius 1 is 1.29 bits per heavy atom. The van der Waals surface area contributed by atoms with Crippen LogP contribution in [-0.2, 0) is 21.2 Å². The molecule has 2 aliphatic rings. The zero-order valence-electron chi connectivity index (χ0n) is 19.8. The molecular formula is C23H28BrN7O3S. The number of hydrogen-bond donors (Lipinski definition) is 3. The third-order valence-corrected chi connectivity index (χ3v) is 8.34. The van der Waals surface area contributed by atoms with Gasteiger partial charge in [-0.15, -0.1) is 0 Å². The number of benzene rings is 1. The molecule has 10 nitrogen and oxygen atoms in total. The van der Waals surface area contributed by atoms with Crippen LogP contribution < -0.4 is 15.4 Å². The first kappa shape index (κ1) is 24.1. The number of aromatic nitrogens is 4. The molecule has 2 heterocycles. The molecule has 3 N–H and O–H groups in total. The van der Waals surface area contributed by atoms with E-state index in [1.807, 2.05) is 25.1 Å². The molecule has 0 bridgehead atoms. The van der Waals surface area contributed by atoms with Crippen molar-refractivity contribution in [3.8, 4) is 5.69 Å². The molecule has 2 aromatic heterocycles. The summed E-state index contributed by atoms with van der Waals surface area (Å²) in [5, 5.41) is 11.6. The van der Waals surface area contributed by atoms with Crippen molar-refractivity contribution < 1.29 is 13.2 Å². The van der Waals surface area contributed by atoms with E-state index in [0.717, 1.165) is 47.9 Å². The zero-order valence-corrected chi connectivity index (χ0v) is 22.2. The first-order valence-corrected chi connectivity index (χ1v) is 14.3. The Labute approximate surface area is 212 Å². The Kier molecular flexibility index (Phi) is 6.09. The van der Waals surface area contributed by atoms with Gasteiger partial charge in [-0.25, -0.2) is 22.8 Å². The predicted molar refractivity (Wildman–Crippen MR) is 137 cm³/mol. The highest BCUT2D eigenvalue weighted by Gasteiger charge is 2.41. The van der Waals surface area contributed by atoms with Crippen molar-refractivity contribution in [3.63, 3.8) is 0 Å². The van der Waals surface area contributed by atoms with E-state index in [2.05, 4.69) is 41.4 Å². The number of fused-ring (bicyclic) bond motifs is 2. The van der Waals surface area contributed by atoms with Crippen LogP contribution in [0.1, 0.15) is 49.8 Å². The van der Waals surface area contributed by atoms with Crippen LogP contribution in [0.3, 0.4) is 0 Å². The first-order valence-electron chi connectivity index (χ1n) is 11.6. The molecule has 3 aromatic rings. The van der Waals surface area contributed by atoms with E-state index in [1.54, 1.807) is 17.9 Å². The minimum Gasteiger partial charge on any atom is -0.359 e. The quantitative estimate of drug-likeness (QED) is 0.421. The monoisotopic (exact) mass is 561 g/mol. The number of rotatable bonds is 6. The van der Waals surface area contributed by atoms with Crippen LogP contribution in [0, 0.1) is 5.41 Å². The van der Waals surface area contributed by atoms with E-state index in [-0.39, 0.29) is 18.0 Å². The van der Waals surface area contributed by atoms with Crippen molar-refractivity contribution >= 4 is 48.8 Å².